The molecule has 3 heterocycles. The van der Waals surface area contributed by atoms with E-state index in [9.17, 15) is 23.5 Å². The quantitative estimate of drug-likeness (QED) is 0.0777. The van der Waals surface area contributed by atoms with Crippen LogP contribution in [0.2, 0.25) is 0 Å². The molecule has 1 aliphatic rings. The number of carboxylic acids is 1. The van der Waals surface area contributed by atoms with Crippen molar-refractivity contribution in [3.8, 4) is 17.0 Å². The zero-order chi connectivity index (χ0) is 36.3. The number of fused-ring (bicyclic) bond motifs is 1. The van der Waals surface area contributed by atoms with Gasteiger partial charge in [0.05, 0.1) is 39.1 Å². The summed E-state index contributed by atoms with van der Waals surface area (Å²) >= 11 is 0. The summed E-state index contributed by atoms with van der Waals surface area (Å²) in [5, 5.41) is 27.2. The van der Waals surface area contributed by atoms with E-state index in [2.05, 4.69) is 25.9 Å². The highest BCUT2D eigenvalue weighted by Crippen LogP contribution is 2.31. The fourth-order valence-corrected chi connectivity index (χ4v) is 6.17. The van der Waals surface area contributed by atoms with Crippen molar-refractivity contribution in [2.24, 2.45) is 5.92 Å². The Morgan fingerprint density at radius 2 is 1.92 bits per heavy atom. The van der Waals surface area contributed by atoms with Gasteiger partial charge in [0.2, 0.25) is 5.82 Å². The Bertz CT molecular complexity index is 1800. The third-order valence-corrected chi connectivity index (χ3v) is 8.71. The van der Waals surface area contributed by atoms with Crippen molar-refractivity contribution in [3.63, 3.8) is 0 Å². The zero-order valence-electron chi connectivity index (χ0n) is 28.4. The molecular weight excluding hydrogens is 652 g/mol. The molecule has 0 aliphatic carbocycles. The number of carbonyl (C=O) groups excluding carboxylic acids is 2. The average molecular weight is 696 g/mol. The Balaban J connectivity index is 0.00000181. The van der Waals surface area contributed by atoms with Crippen LogP contribution in [0.15, 0.2) is 48.9 Å². The summed E-state index contributed by atoms with van der Waals surface area (Å²) in [4.78, 5) is 41.6. The van der Waals surface area contributed by atoms with Crippen LogP contribution >= 0.6 is 0 Å². The molecule has 5 rings (SSSR count). The molecule has 4 aromatic rings. The van der Waals surface area contributed by atoms with Gasteiger partial charge in [0.15, 0.2) is 29.6 Å². The minimum Gasteiger partial charge on any atom is -0.554 e. The van der Waals surface area contributed by atoms with Crippen LogP contribution in [-0.4, -0.2) is 95.7 Å². The number of rotatable bonds is 16. The molecule has 1 fully saturated rings. The zero-order valence-corrected chi connectivity index (χ0v) is 28.4. The molecular formula is C35H43F2N7O6. The number of quaternary nitrogens is 1. The predicted octanol–water partition coefficient (Wildman–Crippen LogP) is 3.01. The third-order valence-electron chi connectivity index (χ3n) is 8.71. The predicted molar refractivity (Wildman–Crippen MR) is 181 cm³/mol. The van der Waals surface area contributed by atoms with E-state index >= 15 is 0 Å². The van der Waals surface area contributed by atoms with Gasteiger partial charge in [-0.3, -0.25) is 9.20 Å². The van der Waals surface area contributed by atoms with Crippen LogP contribution in [0.1, 0.15) is 42.1 Å². The van der Waals surface area contributed by atoms with Gasteiger partial charge in [0.25, 0.3) is 5.91 Å². The highest BCUT2D eigenvalue weighted by Gasteiger charge is 2.31. The second kappa shape index (κ2) is 17.5. The minimum atomic E-state index is -1.07. The molecule has 4 N–H and O–H groups in total. The standard InChI is InChI=1S/C34H41F2N7O4.CH2O2/c1-4-23-16-24(41-32-33-40-19-27(42(33)14-13-38-32)26-10-11-28(47-3)31(36)30(26)35)8-9-25(23)34(46)39-12-6-5-7-15-43(2,21-29(44)45)20-22-17-37-18-22;2-1-3/h8-11,13-14,16,19,22,37H,4-7,12,15,17-18,20-21H2,1-3H3,(H2-,38,39,41,44,45,46);1H,(H,2,3). The SMILES string of the molecule is CCc1cc(Nc2nccn3c(-c4ccc(OC)c(F)c4F)cnc23)ccc1C(=O)NCCCCC[N+](C)(CC(=O)O)CC1CNC1.O=C[O-]. The number of aliphatic carboxylic acids is 1. The second-order valence-corrected chi connectivity index (χ2v) is 12.4. The van der Waals surface area contributed by atoms with Crippen LogP contribution in [0.25, 0.3) is 16.9 Å². The van der Waals surface area contributed by atoms with E-state index in [1.165, 1.54) is 25.4 Å². The number of carboxylic acid groups (broad SMARTS) is 2. The van der Waals surface area contributed by atoms with E-state index < -0.39 is 24.1 Å². The maximum Gasteiger partial charge on any atom is 0.359 e. The van der Waals surface area contributed by atoms with Crippen molar-refractivity contribution in [1.82, 2.24) is 25.0 Å². The van der Waals surface area contributed by atoms with Crippen molar-refractivity contribution < 1.29 is 42.6 Å². The lowest BCUT2D eigenvalue weighted by molar-refractivity contribution is -0.906. The van der Waals surface area contributed by atoms with Crippen LogP contribution < -0.4 is 25.8 Å². The number of unbranched alkanes of at least 4 members (excludes halogenated alkanes) is 2. The molecule has 0 saturated carbocycles. The molecule has 1 atom stereocenters. The largest absolute Gasteiger partial charge is 0.554 e. The molecule has 268 valence electrons. The molecule has 0 bridgehead atoms. The molecule has 13 nitrogen and oxygen atoms in total. The summed E-state index contributed by atoms with van der Waals surface area (Å²) in [6.07, 6.45) is 7.84. The van der Waals surface area contributed by atoms with E-state index in [1.807, 2.05) is 20.0 Å². The maximum atomic E-state index is 14.9. The molecule has 2 aromatic carbocycles. The monoisotopic (exact) mass is 695 g/mol. The Hall–Kier alpha value is -5.15. The van der Waals surface area contributed by atoms with Crippen molar-refractivity contribution in [2.75, 3.05) is 58.7 Å². The lowest BCUT2D eigenvalue weighted by Crippen LogP contribution is -2.57. The first-order chi connectivity index (χ1) is 24.0. The summed E-state index contributed by atoms with van der Waals surface area (Å²) in [7, 11) is 3.30. The van der Waals surface area contributed by atoms with Gasteiger partial charge in [0.1, 0.15) is 0 Å². The van der Waals surface area contributed by atoms with E-state index in [-0.39, 0.29) is 23.8 Å². The molecule has 1 amide bonds. The number of aromatic nitrogens is 3. The number of imidazole rings is 1. The Morgan fingerprint density at radius 3 is 2.58 bits per heavy atom. The summed E-state index contributed by atoms with van der Waals surface area (Å²) in [6, 6.07) is 8.26. The number of hydrogen-bond donors (Lipinski definition) is 4. The number of nitrogens with zero attached hydrogens (tertiary/aromatic N) is 4. The van der Waals surface area contributed by atoms with Gasteiger partial charge in [-0.25, -0.2) is 19.2 Å². The molecule has 1 aliphatic heterocycles. The third kappa shape index (κ3) is 9.30. The minimum absolute atomic E-state index is 0.0362. The molecule has 0 spiro atoms. The van der Waals surface area contributed by atoms with E-state index in [0.717, 1.165) is 51.0 Å². The number of anilines is 2. The van der Waals surface area contributed by atoms with Crippen molar-refractivity contribution in [1.29, 1.82) is 0 Å². The van der Waals surface area contributed by atoms with Crippen molar-refractivity contribution >= 4 is 35.5 Å². The smallest absolute Gasteiger partial charge is 0.359 e. The van der Waals surface area contributed by atoms with Crippen LogP contribution in [0.3, 0.4) is 0 Å². The summed E-state index contributed by atoms with van der Waals surface area (Å²) in [5.74, 6) is -2.27. The number of halogens is 2. The molecule has 0 radical (unpaired) electrons. The number of hydrogen-bond acceptors (Lipinski definition) is 9. The number of carbonyl (C=O) groups is 3. The van der Waals surface area contributed by atoms with E-state index in [1.54, 1.807) is 28.9 Å². The van der Waals surface area contributed by atoms with Gasteiger partial charge in [-0.15, -0.1) is 0 Å². The molecule has 50 heavy (non-hydrogen) atoms. The van der Waals surface area contributed by atoms with Crippen LogP contribution in [0, 0.1) is 17.6 Å². The summed E-state index contributed by atoms with van der Waals surface area (Å²) in [6.45, 7) is 5.69. The number of ether oxygens (including phenoxy) is 1. The molecule has 1 unspecified atom stereocenters. The van der Waals surface area contributed by atoms with Gasteiger partial charge >= 0.3 is 5.97 Å². The Kier molecular flexibility index (Phi) is 13.2. The molecule has 15 heteroatoms. The fourth-order valence-electron chi connectivity index (χ4n) is 6.17. The van der Waals surface area contributed by atoms with Crippen LogP contribution in [0.5, 0.6) is 5.75 Å². The first-order valence-corrected chi connectivity index (χ1v) is 16.4. The molecule has 1 saturated heterocycles. The van der Waals surface area contributed by atoms with Crippen molar-refractivity contribution in [2.45, 2.75) is 32.6 Å². The number of amides is 1. The van der Waals surface area contributed by atoms with Crippen LogP contribution in [0.4, 0.5) is 20.3 Å². The fraction of sp³-hybridized carbons (Fsp3) is 0.400. The maximum absolute atomic E-state index is 14.9. The number of nitrogens with one attached hydrogen (secondary N) is 3. The lowest BCUT2D eigenvalue weighted by Gasteiger charge is -2.39. The lowest BCUT2D eigenvalue weighted by atomic mass is 10.0. The summed E-state index contributed by atoms with van der Waals surface area (Å²) < 4.78 is 36.3. The number of methoxy groups -OCH3 is 1. The van der Waals surface area contributed by atoms with Gasteiger partial charge in [-0.2, -0.15) is 4.39 Å². The van der Waals surface area contributed by atoms with Gasteiger partial charge in [-0.1, -0.05) is 6.92 Å². The Morgan fingerprint density at radius 1 is 1.16 bits per heavy atom. The van der Waals surface area contributed by atoms with Gasteiger partial charge in [-0.05, 0) is 61.6 Å². The highest BCUT2D eigenvalue weighted by atomic mass is 19.2. The topological polar surface area (TPSA) is 170 Å². The number of aryl methyl sites for hydroxylation is 1. The normalized spacial score (nSPS) is 13.8. The van der Waals surface area contributed by atoms with Crippen molar-refractivity contribution in [3.05, 3.63) is 71.7 Å². The Labute approximate surface area is 288 Å². The first kappa shape index (κ1) is 37.7. The second-order valence-electron chi connectivity index (χ2n) is 12.4. The summed E-state index contributed by atoms with van der Waals surface area (Å²) in [5.41, 5.74) is 2.95. The number of benzene rings is 2. The first-order valence-electron chi connectivity index (χ1n) is 16.4. The van der Waals surface area contributed by atoms with E-state index in [0.29, 0.717) is 51.8 Å². The van der Waals surface area contributed by atoms with Gasteiger partial charge in [0, 0.05) is 61.2 Å². The average Bonchev–Trinajstić information content (AvgIpc) is 3.50. The molecule has 2 aromatic heterocycles. The van der Waals surface area contributed by atoms with Gasteiger partial charge < -0.3 is 40.2 Å². The number of likely N-dealkylation sites (N-methyl/N-ethyl adjacent to an activating group) is 1. The van der Waals surface area contributed by atoms with Crippen LogP contribution in [-0.2, 0) is 16.0 Å². The highest BCUT2D eigenvalue weighted by molar-refractivity contribution is 5.96. The van der Waals surface area contributed by atoms with E-state index in [4.69, 9.17) is 14.6 Å².